The van der Waals surface area contributed by atoms with Crippen molar-refractivity contribution in [1.29, 1.82) is 0 Å². The lowest BCUT2D eigenvalue weighted by Crippen LogP contribution is -2.29. The second-order valence-electron chi connectivity index (χ2n) is 6.41. The average Bonchev–Trinajstić information content (AvgIpc) is 2.72. The van der Waals surface area contributed by atoms with Crippen LogP contribution in [-0.2, 0) is 4.79 Å². The van der Waals surface area contributed by atoms with Gasteiger partial charge in [-0.15, -0.1) is 0 Å². The van der Waals surface area contributed by atoms with Crippen molar-refractivity contribution in [1.82, 2.24) is 14.8 Å². The van der Waals surface area contributed by atoms with E-state index in [1.54, 1.807) is 13.0 Å². The van der Waals surface area contributed by atoms with Gasteiger partial charge in [0.15, 0.2) is 0 Å². The van der Waals surface area contributed by atoms with Crippen molar-refractivity contribution >= 4 is 5.97 Å². The molecular formula is C17H21N3O3. The maximum absolute atomic E-state index is 12.5. The van der Waals surface area contributed by atoms with E-state index in [4.69, 9.17) is 4.74 Å². The topological polar surface area (TPSA) is 77.0 Å². The Kier molecular flexibility index (Phi) is 3.62. The van der Waals surface area contributed by atoms with E-state index in [9.17, 15) is 9.59 Å². The molecule has 6 heteroatoms. The number of hydrogen-bond acceptors (Lipinski definition) is 4. The van der Waals surface area contributed by atoms with Crippen molar-refractivity contribution in [2.45, 2.75) is 53.0 Å². The molecule has 0 saturated heterocycles. The maximum atomic E-state index is 12.5. The fourth-order valence-corrected chi connectivity index (χ4v) is 3.45. The number of pyridine rings is 1. The van der Waals surface area contributed by atoms with Crippen molar-refractivity contribution in [2.75, 3.05) is 0 Å². The summed E-state index contributed by atoms with van der Waals surface area (Å²) < 4.78 is 7.23. The van der Waals surface area contributed by atoms with Gasteiger partial charge < -0.3 is 9.72 Å². The van der Waals surface area contributed by atoms with Gasteiger partial charge in [0.25, 0.3) is 5.56 Å². The molecule has 0 spiro atoms. The lowest BCUT2D eigenvalue weighted by atomic mass is 9.85. The molecule has 0 amide bonds. The fraction of sp³-hybridized carbons (Fsp3) is 0.471. The maximum Gasteiger partial charge on any atom is 0.312 e. The first kappa shape index (κ1) is 15.5. The van der Waals surface area contributed by atoms with Crippen LogP contribution in [-0.4, -0.2) is 20.7 Å². The number of fused-ring (bicyclic) bond motifs is 1. The Morgan fingerprint density at radius 1 is 1.26 bits per heavy atom. The first-order valence-electron chi connectivity index (χ1n) is 7.79. The molecule has 0 aromatic carbocycles. The van der Waals surface area contributed by atoms with Gasteiger partial charge in [-0.25, -0.2) is 0 Å². The summed E-state index contributed by atoms with van der Waals surface area (Å²) in [5.74, 6) is -0.268. The largest absolute Gasteiger partial charge is 0.426 e. The number of nitrogens with one attached hydrogen (secondary N) is 1. The molecule has 0 bridgehead atoms. The highest BCUT2D eigenvalue weighted by atomic mass is 16.5. The Balaban J connectivity index is 2.24. The molecule has 1 N–H and O–H groups in total. The summed E-state index contributed by atoms with van der Waals surface area (Å²) in [4.78, 5) is 27.3. The van der Waals surface area contributed by atoms with Gasteiger partial charge in [0.05, 0.1) is 17.7 Å². The van der Waals surface area contributed by atoms with Crippen LogP contribution in [0.5, 0.6) is 5.75 Å². The molecule has 1 aliphatic heterocycles. The summed E-state index contributed by atoms with van der Waals surface area (Å²) in [6.07, 6.45) is 0.157. The Morgan fingerprint density at radius 3 is 2.57 bits per heavy atom. The van der Waals surface area contributed by atoms with Crippen molar-refractivity contribution in [3.8, 4) is 5.75 Å². The third-order valence-corrected chi connectivity index (χ3v) is 4.33. The Hall–Kier alpha value is -2.37. The second kappa shape index (κ2) is 5.37. The standard InChI is InChI=1S/C17H21N3O3/c1-8(2)20-11(5)15(10(4)19-20)12-7-14(21)23-13-6-9(3)18-17(22)16(12)13/h6,8,12H,7H2,1-5H3,(H,18,22)/t12-/m1/s1. The summed E-state index contributed by atoms with van der Waals surface area (Å²) in [6, 6.07) is 1.92. The van der Waals surface area contributed by atoms with Crippen molar-refractivity contribution in [3.05, 3.63) is 44.6 Å². The third-order valence-electron chi connectivity index (χ3n) is 4.33. The van der Waals surface area contributed by atoms with Crippen LogP contribution in [0.15, 0.2) is 10.9 Å². The van der Waals surface area contributed by atoms with Crippen LogP contribution in [0.1, 0.15) is 60.4 Å². The van der Waals surface area contributed by atoms with Gasteiger partial charge in [0, 0.05) is 35.0 Å². The number of carbonyl (C=O) groups is 1. The quantitative estimate of drug-likeness (QED) is 0.864. The number of hydrogen-bond donors (Lipinski definition) is 1. The van der Waals surface area contributed by atoms with Gasteiger partial charge >= 0.3 is 5.97 Å². The van der Waals surface area contributed by atoms with Crippen LogP contribution in [0.4, 0.5) is 0 Å². The highest BCUT2D eigenvalue weighted by Gasteiger charge is 2.34. The molecule has 23 heavy (non-hydrogen) atoms. The van der Waals surface area contributed by atoms with Crippen LogP contribution >= 0.6 is 0 Å². The lowest BCUT2D eigenvalue weighted by molar-refractivity contribution is -0.135. The number of aromatic nitrogens is 3. The van der Waals surface area contributed by atoms with E-state index in [2.05, 4.69) is 23.9 Å². The van der Waals surface area contributed by atoms with Crippen molar-refractivity contribution in [3.63, 3.8) is 0 Å². The molecule has 3 heterocycles. The van der Waals surface area contributed by atoms with E-state index in [-0.39, 0.29) is 29.9 Å². The van der Waals surface area contributed by atoms with Crippen LogP contribution in [0.2, 0.25) is 0 Å². The first-order chi connectivity index (χ1) is 10.8. The van der Waals surface area contributed by atoms with E-state index in [1.807, 2.05) is 18.5 Å². The molecule has 0 unspecified atom stereocenters. The first-order valence-corrected chi connectivity index (χ1v) is 7.79. The number of nitrogens with zero attached hydrogens (tertiary/aromatic N) is 2. The number of esters is 1. The fourth-order valence-electron chi connectivity index (χ4n) is 3.45. The Labute approximate surface area is 134 Å². The van der Waals surface area contributed by atoms with Crippen LogP contribution in [0, 0.1) is 20.8 Å². The molecular weight excluding hydrogens is 294 g/mol. The van der Waals surface area contributed by atoms with Gasteiger partial charge in [0.1, 0.15) is 5.75 Å². The average molecular weight is 315 g/mol. The number of rotatable bonds is 2. The summed E-state index contributed by atoms with van der Waals surface area (Å²) in [5, 5.41) is 4.58. The van der Waals surface area contributed by atoms with Gasteiger partial charge in [-0.05, 0) is 34.6 Å². The van der Waals surface area contributed by atoms with E-state index in [1.165, 1.54) is 0 Å². The smallest absolute Gasteiger partial charge is 0.312 e. The van der Waals surface area contributed by atoms with Gasteiger partial charge in [-0.3, -0.25) is 14.3 Å². The lowest BCUT2D eigenvalue weighted by Gasteiger charge is -2.24. The van der Waals surface area contributed by atoms with Crippen molar-refractivity contribution in [2.24, 2.45) is 0 Å². The third kappa shape index (κ3) is 2.48. The van der Waals surface area contributed by atoms with E-state index in [0.29, 0.717) is 17.0 Å². The van der Waals surface area contributed by atoms with Crippen LogP contribution in [0.25, 0.3) is 0 Å². The van der Waals surface area contributed by atoms with E-state index < -0.39 is 0 Å². The molecule has 122 valence electrons. The minimum absolute atomic E-state index is 0.157. The second-order valence-corrected chi connectivity index (χ2v) is 6.41. The summed E-state index contributed by atoms with van der Waals surface area (Å²) in [5.41, 5.74) is 3.78. The van der Waals surface area contributed by atoms with E-state index in [0.717, 1.165) is 17.0 Å². The van der Waals surface area contributed by atoms with Crippen LogP contribution < -0.4 is 10.3 Å². The summed E-state index contributed by atoms with van der Waals surface area (Å²) >= 11 is 0. The molecule has 2 aromatic rings. The van der Waals surface area contributed by atoms with Crippen LogP contribution in [0.3, 0.4) is 0 Å². The SMILES string of the molecule is Cc1cc2c(c(=O)[nH]1)[C@@H](c1c(C)nn(C(C)C)c1C)CC(=O)O2. The zero-order valence-electron chi connectivity index (χ0n) is 14.1. The van der Waals surface area contributed by atoms with E-state index >= 15 is 0 Å². The number of carbonyl (C=O) groups excluding carboxylic acids is 1. The number of aryl methyl sites for hydroxylation is 2. The number of aromatic amines is 1. The molecule has 0 saturated carbocycles. The highest BCUT2D eigenvalue weighted by molar-refractivity contribution is 5.77. The minimum atomic E-state index is -0.317. The number of ether oxygens (including phenoxy) is 1. The summed E-state index contributed by atoms with van der Waals surface area (Å²) in [6.45, 7) is 9.79. The molecule has 3 rings (SSSR count). The molecule has 1 aliphatic rings. The normalized spacial score (nSPS) is 17.3. The predicted molar refractivity (Wildman–Crippen MR) is 86.0 cm³/mol. The van der Waals surface area contributed by atoms with Gasteiger partial charge in [-0.2, -0.15) is 5.10 Å². The minimum Gasteiger partial charge on any atom is -0.426 e. The highest BCUT2D eigenvalue weighted by Crippen LogP contribution is 2.39. The zero-order chi connectivity index (χ0) is 16.9. The molecule has 1 atom stereocenters. The van der Waals surface area contributed by atoms with Crippen molar-refractivity contribution < 1.29 is 9.53 Å². The Morgan fingerprint density at radius 2 is 1.96 bits per heavy atom. The Bertz CT molecular complexity index is 845. The van der Waals surface area contributed by atoms with Gasteiger partial charge in [-0.1, -0.05) is 0 Å². The predicted octanol–water partition coefficient (Wildman–Crippen LogP) is 2.52. The molecule has 2 aromatic heterocycles. The number of H-pyrrole nitrogens is 1. The van der Waals surface area contributed by atoms with Gasteiger partial charge in [0.2, 0.25) is 0 Å². The molecule has 0 radical (unpaired) electrons. The zero-order valence-corrected chi connectivity index (χ0v) is 14.1. The summed E-state index contributed by atoms with van der Waals surface area (Å²) in [7, 11) is 0. The molecule has 0 fully saturated rings. The molecule has 0 aliphatic carbocycles. The molecule has 6 nitrogen and oxygen atoms in total. The monoisotopic (exact) mass is 315 g/mol.